The molecular formula is C21H27N3O5S. The van der Waals surface area contributed by atoms with Gasteiger partial charge in [-0.15, -0.1) is 0 Å². The van der Waals surface area contributed by atoms with Crippen molar-refractivity contribution in [3.05, 3.63) is 48.0 Å². The largest absolute Gasteiger partial charge is 0.497 e. The highest BCUT2D eigenvalue weighted by Gasteiger charge is 2.27. The van der Waals surface area contributed by atoms with Gasteiger partial charge in [-0.2, -0.15) is 0 Å². The van der Waals surface area contributed by atoms with Crippen LogP contribution in [0.15, 0.2) is 47.4 Å². The minimum atomic E-state index is -3.69. The number of fused-ring (bicyclic) bond motifs is 1. The first-order chi connectivity index (χ1) is 14.5. The van der Waals surface area contributed by atoms with E-state index in [1.165, 1.54) is 12.1 Å². The minimum Gasteiger partial charge on any atom is -0.497 e. The molecule has 2 aliphatic rings. The Kier molecular flexibility index (Phi) is 6.14. The lowest BCUT2D eigenvalue weighted by atomic mass is 10.0. The van der Waals surface area contributed by atoms with Gasteiger partial charge in [-0.3, -0.25) is 4.90 Å². The Labute approximate surface area is 177 Å². The van der Waals surface area contributed by atoms with Gasteiger partial charge in [-0.25, -0.2) is 13.1 Å². The van der Waals surface area contributed by atoms with E-state index in [4.69, 9.17) is 14.2 Å². The fourth-order valence-corrected chi connectivity index (χ4v) is 4.79. The molecule has 2 aliphatic heterocycles. The molecule has 1 N–H and O–H groups in total. The molecule has 0 aromatic heterocycles. The lowest BCUT2D eigenvalue weighted by Gasteiger charge is -2.38. The number of ether oxygens (including phenoxy) is 3. The molecule has 1 atom stereocenters. The molecule has 1 fully saturated rings. The lowest BCUT2D eigenvalue weighted by molar-refractivity contribution is 0.113. The highest BCUT2D eigenvalue weighted by atomic mass is 32.2. The number of benzene rings is 2. The first-order valence-corrected chi connectivity index (χ1v) is 11.4. The van der Waals surface area contributed by atoms with E-state index in [1.54, 1.807) is 13.2 Å². The SMILES string of the molecule is COc1ccc(C(CNS(=O)(=O)c2ccc3c(c2)OCO3)N2CCN(C)CC2)cc1. The maximum atomic E-state index is 12.9. The van der Waals surface area contributed by atoms with Crippen LogP contribution in [0.25, 0.3) is 0 Å². The average molecular weight is 434 g/mol. The number of hydrogen-bond acceptors (Lipinski definition) is 7. The van der Waals surface area contributed by atoms with E-state index in [-0.39, 0.29) is 24.3 Å². The van der Waals surface area contributed by atoms with E-state index in [0.29, 0.717) is 11.5 Å². The van der Waals surface area contributed by atoms with Crippen LogP contribution in [-0.4, -0.2) is 71.9 Å². The van der Waals surface area contributed by atoms with Crippen molar-refractivity contribution in [3.63, 3.8) is 0 Å². The van der Waals surface area contributed by atoms with Crippen LogP contribution in [0.3, 0.4) is 0 Å². The standard InChI is InChI=1S/C21H27N3O5S/c1-23-9-11-24(12-10-23)19(16-3-5-17(27-2)6-4-16)14-22-30(25,26)18-7-8-20-21(13-18)29-15-28-20/h3-8,13,19,22H,9-12,14-15H2,1-2H3. The molecule has 2 aromatic rings. The summed E-state index contributed by atoms with van der Waals surface area (Å²) in [5.41, 5.74) is 1.05. The Bertz CT molecular complexity index is 973. The number of rotatable bonds is 7. The molecule has 9 heteroatoms. The van der Waals surface area contributed by atoms with Gasteiger partial charge in [-0.1, -0.05) is 12.1 Å². The predicted molar refractivity (Wildman–Crippen MR) is 113 cm³/mol. The van der Waals surface area contributed by atoms with Crippen LogP contribution < -0.4 is 18.9 Å². The number of hydrogen-bond donors (Lipinski definition) is 1. The molecule has 1 unspecified atom stereocenters. The van der Waals surface area contributed by atoms with Crippen LogP contribution in [0.1, 0.15) is 11.6 Å². The van der Waals surface area contributed by atoms with E-state index in [9.17, 15) is 8.42 Å². The number of sulfonamides is 1. The third-order valence-electron chi connectivity index (χ3n) is 5.60. The molecule has 0 radical (unpaired) electrons. The third-order valence-corrected chi connectivity index (χ3v) is 7.02. The summed E-state index contributed by atoms with van der Waals surface area (Å²) in [5.74, 6) is 1.78. The van der Waals surface area contributed by atoms with Gasteiger partial charge in [0.2, 0.25) is 16.8 Å². The Morgan fingerprint density at radius 3 is 2.43 bits per heavy atom. The minimum absolute atomic E-state index is 0.0756. The van der Waals surface area contributed by atoms with Crippen LogP contribution in [-0.2, 0) is 10.0 Å². The van der Waals surface area contributed by atoms with Crippen molar-refractivity contribution >= 4 is 10.0 Å². The molecule has 4 rings (SSSR count). The van der Waals surface area contributed by atoms with Gasteiger partial charge in [0.1, 0.15) is 5.75 Å². The molecule has 0 amide bonds. The smallest absolute Gasteiger partial charge is 0.240 e. The molecule has 162 valence electrons. The summed E-state index contributed by atoms with van der Waals surface area (Å²) in [4.78, 5) is 4.76. The van der Waals surface area contributed by atoms with Gasteiger partial charge in [0, 0.05) is 44.8 Å². The summed E-state index contributed by atoms with van der Waals surface area (Å²) in [6, 6.07) is 12.4. The van der Waals surface area contributed by atoms with E-state index >= 15 is 0 Å². The van der Waals surface area contributed by atoms with Crippen LogP contribution in [0, 0.1) is 0 Å². The van der Waals surface area contributed by atoms with Crippen LogP contribution >= 0.6 is 0 Å². The van der Waals surface area contributed by atoms with Gasteiger partial charge < -0.3 is 19.1 Å². The number of nitrogens with one attached hydrogen (secondary N) is 1. The van der Waals surface area contributed by atoms with Gasteiger partial charge in [0.25, 0.3) is 0 Å². The molecule has 30 heavy (non-hydrogen) atoms. The highest BCUT2D eigenvalue weighted by Crippen LogP contribution is 2.34. The van der Waals surface area contributed by atoms with E-state index < -0.39 is 10.0 Å². The van der Waals surface area contributed by atoms with Gasteiger partial charge >= 0.3 is 0 Å². The monoisotopic (exact) mass is 433 g/mol. The highest BCUT2D eigenvalue weighted by molar-refractivity contribution is 7.89. The van der Waals surface area contributed by atoms with Gasteiger partial charge in [-0.05, 0) is 36.9 Å². The van der Waals surface area contributed by atoms with Crippen molar-refractivity contribution in [2.24, 2.45) is 0 Å². The van der Waals surface area contributed by atoms with Gasteiger partial charge in [0.15, 0.2) is 11.5 Å². The Hall–Kier alpha value is -2.33. The van der Waals surface area contributed by atoms with Crippen LogP contribution in [0.4, 0.5) is 0 Å². The Balaban J connectivity index is 1.53. The van der Waals surface area contributed by atoms with Crippen molar-refractivity contribution in [2.45, 2.75) is 10.9 Å². The molecule has 0 aliphatic carbocycles. The summed E-state index contributed by atoms with van der Waals surface area (Å²) in [6.45, 7) is 4.02. The van der Waals surface area contributed by atoms with Crippen molar-refractivity contribution < 1.29 is 22.6 Å². The van der Waals surface area contributed by atoms with E-state index in [2.05, 4.69) is 21.6 Å². The molecule has 0 bridgehead atoms. The second kappa shape index (κ2) is 8.81. The van der Waals surface area contributed by atoms with E-state index in [1.807, 2.05) is 24.3 Å². The van der Waals surface area contributed by atoms with Crippen molar-refractivity contribution in [3.8, 4) is 17.2 Å². The molecule has 2 aromatic carbocycles. The fourth-order valence-electron chi connectivity index (χ4n) is 3.73. The maximum absolute atomic E-state index is 12.9. The van der Waals surface area contributed by atoms with Crippen molar-refractivity contribution in [1.29, 1.82) is 0 Å². The summed E-state index contributed by atoms with van der Waals surface area (Å²) in [5, 5.41) is 0. The van der Waals surface area contributed by atoms with Crippen LogP contribution in [0.5, 0.6) is 17.2 Å². The zero-order valence-electron chi connectivity index (χ0n) is 17.2. The Morgan fingerprint density at radius 1 is 1.03 bits per heavy atom. The zero-order valence-corrected chi connectivity index (χ0v) is 18.0. The molecule has 2 heterocycles. The van der Waals surface area contributed by atoms with Crippen LogP contribution in [0.2, 0.25) is 0 Å². The second-order valence-corrected chi connectivity index (χ2v) is 9.26. The summed E-state index contributed by atoms with van der Waals surface area (Å²) >= 11 is 0. The first-order valence-electron chi connectivity index (χ1n) is 9.92. The molecule has 8 nitrogen and oxygen atoms in total. The van der Waals surface area contributed by atoms with E-state index in [0.717, 1.165) is 37.5 Å². The topological polar surface area (TPSA) is 80.3 Å². The predicted octanol–water partition coefficient (Wildman–Crippen LogP) is 1.69. The van der Waals surface area contributed by atoms with Crippen molar-refractivity contribution in [2.75, 3.05) is 53.7 Å². The second-order valence-electron chi connectivity index (χ2n) is 7.50. The normalized spacial score (nSPS) is 18.3. The number of methoxy groups -OCH3 is 1. The lowest BCUT2D eigenvalue weighted by Crippen LogP contribution is -2.48. The zero-order chi connectivity index (χ0) is 21.1. The number of likely N-dealkylation sites (N-methyl/N-ethyl adjacent to an activating group) is 1. The first kappa shape index (κ1) is 20.9. The fraction of sp³-hybridized carbons (Fsp3) is 0.429. The summed E-state index contributed by atoms with van der Waals surface area (Å²) in [6.07, 6.45) is 0. The number of nitrogens with zero attached hydrogens (tertiary/aromatic N) is 2. The van der Waals surface area contributed by atoms with Gasteiger partial charge in [0.05, 0.1) is 12.0 Å². The molecule has 0 saturated carbocycles. The quantitative estimate of drug-likeness (QED) is 0.712. The third kappa shape index (κ3) is 4.54. The number of piperazine rings is 1. The van der Waals surface area contributed by atoms with Crippen molar-refractivity contribution in [1.82, 2.24) is 14.5 Å². The molecule has 0 spiro atoms. The maximum Gasteiger partial charge on any atom is 0.240 e. The molecule has 1 saturated heterocycles. The average Bonchev–Trinajstić information content (AvgIpc) is 3.23. The molecular weight excluding hydrogens is 406 g/mol. The summed E-state index contributed by atoms with van der Waals surface area (Å²) < 4.78 is 44.5. The Morgan fingerprint density at radius 2 is 1.73 bits per heavy atom. The summed E-state index contributed by atoms with van der Waals surface area (Å²) in [7, 11) is 0.0362.